The summed E-state index contributed by atoms with van der Waals surface area (Å²) >= 11 is 8.21. The van der Waals surface area contributed by atoms with E-state index >= 15 is 0 Å². The normalized spacial score (nSPS) is 17.6. The van der Waals surface area contributed by atoms with Crippen LogP contribution < -0.4 is 4.74 Å². The number of thioether (sulfide) groups is 1. The van der Waals surface area contributed by atoms with Crippen molar-refractivity contribution in [2.24, 2.45) is 0 Å². The summed E-state index contributed by atoms with van der Waals surface area (Å²) in [6, 6.07) is 15.9. The average molecular weight is 319 g/mol. The Kier molecular flexibility index (Phi) is 4.24. The van der Waals surface area contributed by atoms with E-state index in [0.29, 0.717) is 5.03 Å². The fourth-order valence-electron chi connectivity index (χ4n) is 2.50. The number of rotatable bonds is 3. The lowest BCUT2D eigenvalue weighted by Gasteiger charge is -2.28. The Morgan fingerprint density at radius 2 is 1.90 bits per heavy atom. The van der Waals surface area contributed by atoms with E-state index in [-0.39, 0.29) is 11.9 Å². The molecule has 2 nitrogen and oxygen atoms in total. The van der Waals surface area contributed by atoms with E-state index in [4.69, 9.17) is 16.3 Å². The minimum Gasteiger partial charge on any atom is -0.496 e. The number of fused-ring (bicyclic) bond motifs is 1. The van der Waals surface area contributed by atoms with Gasteiger partial charge in [0.2, 0.25) is 0 Å². The molecule has 1 aliphatic heterocycles. The van der Waals surface area contributed by atoms with E-state index in [1.807, 2.05) is 36.4 Å². The second kappa shape index (κ2) is 6.14. The fraction of sp³-hybridized carbons (Fsp3) is 0.176. The molecular formula is C17H15ClO2S. The molecule has 1 heterocycles. The number of halogens is 1. The molecule has 0 amide bonds. The maximum atomic E-state index is 9.76. The molecular weight excluding hydrogens is 304 g/mol. The monoisotopic (exact) mass is 318 g/mol. The van der Waals surface area contributed by atoms with E-state index in [1.165, 1.54) is 0 Å². The molecule has 0 fully saturated rings. The van der Waals surface area contributed by atoms with Gasteiger partial charge in [-0.05, 0) is 17.2 Å². The number of aliphatic hydroxyl groups is 1. The highest BCUT2D eigenvalue weighted by atomic mass is 35.5. The second-order valence-corrected chi connectivity index (χ2v) is 6.24. The molecule has 0 spiro atoms. The fourth-order valence-corrected chi connectivity index (χ4v) is 4.37. The molecule has 0 saturated heterocycles. The molecule has 1 N–H and O–H groups in total. The predicted molar refractivity (Wildman–Crippen MR) is 87.9 cm³/mol. The first-order valence-electron chi connectivity index (χ1n) is 6.64. The van der Waals surface area contributed by atoms with Crippen molar-refractivity contribution in [2.45, 2.75) is 10.1 Å². The van der Waals surface area contributed by atoms with Crippen molar-refractivity contribution in [1.29, 1.82) is 0 Å². The highest BCUT2D eigenvalue weighted by molar-refractivity contribution is 8.00. The highest BCUT2D eigenvalue weighted by Crippen LogP contribution is 2.53. The van der Waals surface area contributed by atoms with Gasteiger partial charge in [-0.1, -0.05) is 54.1 Å². The molecule has 2 aromatic rings. The summed E-state index contributed by atoms with van der Waals surface area (Å²) in [4.78, 5) is 1.02. The van der Waals surface area contributed by atoms with Crippen LogP contribution in [0.2, 0.25) is 0 Å². The first-order chi connectivity index (χ1) is 10.3. The van der Waals surface area contributed by atoms with E-state index in [1.54, 1.807) is 18.9 Å². The SMILES string of the molecule is COc1cccc2c1SC(c1ccccc1)C(CO)=C2Cl. The van der Waals surface area contributed by atoms with Crippen molar-refractivity contribution in [2.75, 3.05) is 13.7 Å². The maximum Gasteiger partial charge on any atom is 0.133 e. The van der Waals surface area contributed by atoms with Gasteiger partial charge in [0.15, 0.2) is 0 Å². The van der Waals surface area contributed by atoms with Crippen LogP contribution in [0.4, 0.5) is 0 Å². The zero-order chi connectivity index (χ0) is 14.8. The van der Waals surface area contributed by atoms with Crippen LogP contribution >= 0.6 is 23.4 Å². The molecule has 1 unspecified atom stereocenters. The lowest BCUT2D eigenvalue weighted by molar-refractivity contribution is 0.328. The van der Waals surface area contributed by atoms with E-state index in [9.17, 15) is 5.11 Å². The summed E-state index contributed by atoms with van der Waals surface area (Å²) in [6.07, 6.45) is 0. The van der Waals surface area contributed by atoms with Gasteiger partial charge in [0.1, 0.15) is 5.75 Å². The van der Waals surface area contributed by atoms with Crippen LogP contribution in [0.15, 0.2) is 59.0 Å². The van der Waals surface area contributed by atoms with Crippen molar-refractivity contribution in [3.05, 3.63) is 65.2 Å². The van der Waals surface area contributed by atoms with E-state index in [2.05, 4.69) is 12.1 Å². The minimum absolute atomic E-state index is 0.00694. The third kappa shape index (κ3) is 2.57. The average Bonchev–Trinajstić information content (AvgIpc) is 2.55. The zero-order valence-electron chi connectivity index (χ0n) is 11.5. The first kappa shape index (κ1) is 14.5. The summed E-state index contributed by atoms with van der Waals surface area (Å²) < 4.78 is 5.45. The van der Waals surface area contributed by atoms with Gasteiger partial charge in [-0.3, -0.25) is 0 Å². The quantitative estimate of drug-likeness (QED) is 0.904. The molecule has 0 aromatic heterocycles. The Bertz CT molecular complexity index is 682. The van der Waals surface area contributed by atoms with Gasteiger partial charge < -0.3 is 9.84 Å². The molecule has 21 heavy (non-hydrogen) atoms. The standard InChI is InChI=1S/C17H15ClO2S/c1-20-14-9-5-8-12-15(18)13(10-19)16(21-17(12)14)11-6-3-2-4-7-11/h2-9,16,19H,10H2,1H3. The second-order valence-electron chi connectivity index (χ2n) is 4.74. The molecule has 4 heteroatoms. The van der Waals surface area contributed by atoms with Gasteiger partial charge in [0.25, 0.3) is 0 Å². The number of benzene rings is 2. The molecule has 2 aromatic carbocycles. The summed E-state index contributed by atoms with van der Waals surface area (Å²) in [5.41, 5.74) is 2.90. The lowest BCUT2D eigenvalue weighted by atomic mass is 10.0. The van der Waals surface area contributed by atoms with Crippen LogP contribution in [0.5, 0.6) is 5.75 Å². The van der Waals surface area contributed by atoms with Crippen molar-refractivity contribution in [3.8, 4) is 5.75 Å². The van der Waals surface area contributed by atoms with Gasteiger partial charge in [-0.2, -0.15) is 0 Å². The van der Waals surface area contributed by atoms with Crippen molar-refractivity contribution < 1.29 is 9.84 Å². The Morgan fingerprint density at radius 1 is 1.14 bits per heavy atom. The number of hydrogen-bond donors (Lipinski definition) is 1. The third-order valence-corrected chi connectivity index (χ3v) is 5.44. The third-order valence-electron chi connectivity index (χ3n) is 3.54. The highest BCUT2D eigenvalue weighted by Gasteiger charge is 2.29. The van der Waals surface area contributed by atoms with E-state index in [0.717, 1.165) is 27.3 Å². The predicted octanol–water partition coefficient (Wildman–Crippen LogP) is 4.48. The first-order valence-corrected chi connectivity index (χ1v) is 7.90. The molecule has 0 saturated carbocycles. The Labute approximate surface area is 133 Å². The van der Waals surface area contributed by atoms with Crippen LogP contribution in [0.3, 0.4) is 0 Å². The number of methoxy groups -OCH3 is 1. The van der Waals surface area contributed by atoms with Gasteiger partial charge >= 0.3 is 0 Å². The number of ether oxygens (including phenoxy) is 1. The largest absolute Gasteiger partial charge is 0.496 e. The lowest BCUT2D eigenvalue weighted by Crippen LogP contribution is -2.10. The van der Waals surface area contributed by atoms with Crippen LogP contribution in [-0.2, 0) is 0 Å². The van der Waals surface area contributed by atoms with Crippen LogP contribution in [0.1, 0.15) is 16.4 Å². The van der Waals surface area contributed by atoms with Crippen molar-refractivity contribution >= 4 is 28.4 Å². The molecule has 1 atom stereocenters. The smallest absolute Gasteiger partial charge is 0.133 e. The minimum atomic E-state index is -0.0535. The molecule has 108 valence electrons. The van der Waals surface area contributed by atoms with Crippen LogP contribution in [-0.4, -0.2) is 18.8 Å². The van der Waals surface area contributed by atoms with Crippen LogP contribution in [0, 0.1) is 0 Å². The van der Waals surface area contributed by atoms with Gasteiger partial charge in [0, 0.05) is 5.56 Å². The van der Waals surface area contributed by atoms with Gasteiger partial charge in [0.05, 0.1) is 28.9 Å². The van der Waals surface area contributed by atoms with Gasteiger partial charge in [-0.25, -0.2) is 0 Å². The van der Waals surface area contributed by atoms with Gasteiger partial charge in [-0.15, -0.1) is 11.8 Å². The summed E-state index contributed by atoms with van der Waals surface area (Å²) in [7, 11) is 1.66. The summed E-state index contributed by atoms with van der Waals surface area (Å²) in [6.45, 7) is -0.0535. The van der Waals surface area contributed by atoms with E-state index < -0.39 is 0 Å². The van der Waals surface area contributed by atoms with Crippen molar-refractivity contribution in [3.63, 3.8) is 0 Å². The molecule has 0 radical (unpaired) electrons. The van der Waals surface area contributed by atoms with Crippen molar-refractivity contribution in [1.82, 2.24) is 0 Å². The summed E-state index contributed by atoms with van der Waals surface area (Å²) in [5.74, 6) is 0.813. The molecule has 0 aliphatic carbocycles. The molecule has 1 aliphatic rings. The Morgan fingerprint density at radius 3 is 2.57 bits per heavy atom. The summed E-state index contributed by atoms with van der Waals surface area (Å²) in [5, 5.41) is 10.4. The topological polar surface area (TPSA) is 29.5 Å². The Balaban J connectivity index is 2.16. The molecule has 0 bridgehead atoms. The molecule has 3 rings (SSSR count). The number of aliphatic hydroxyl groups excluding tert-OH is 1. The maximum absolute atomic E-state index is 9.76. The van der Waals surface area contributed by atoms with Crippen LogP contribution in [0.25, 0.3) is 5.03 Å². The number of hydrogen-bond acceptors (Lipinski definition) is 3. The Hall–Kier alpha value is -1.42. The zero-order valence-corrected chi connectivity index (χ0v) is 13.1.